The fourth-order valence-electron chi connectivity index (χ4n) is 2.29. The molecular weight excluding hydrogens is 204 g/mol. The highest BCUT2D eigenvalue weighted by Crippen LogP contribution is 2.14. The molecule has 15 heavy (non-hydrogen) atoms. The number of rotatable bonds is 6. The predicted molar refractivity (Wildman–Crippen MR) is 70.7 cm³/mol. The van der Waals surface area contributed by atoms with Crippen LogP contribution in [0.1, 0.15) is 26.7 Å². The lowest BCUT2D eigenvalue weighted by Gasteiger charge is -2.37. The molecule has 0 bridgehead atoms. The molecule has 3 heteroatoms. The average molecular weight is 230 g/mol. The van der Waals surface area contributed by atoms with Crippen LogP contribution in [0.5, 0.6) is 0 Å². The van der Waals surface area contributed by atoms with Crippen molar-refractivity contribution >= 4 is 11.8 Å². The monoisotopic (exact) mass is 230 g/mol. The van der Waals surface area contributed by atoms with Gasteiger partial charge in [0.15, 0.2) is 0 Å². The number of hydrogen-bond acceptors (Lipinski definition) is 3. The first-order valence-electron chi connectivity index (χ1n) is 6.17. The minimum atomic E-state index is 0.778. The lowest BCUT2D eigenvalue weighted by Crippen LogP contribution is -2.51. The van der Waals surface area contributed by atoms with Crippen molar-refractivity contribution in [3.8, 4) is 0 Å². The molecule has 1 atom stereocenters. The molecule has 1 aliphatic heterocycles. The molecule has 0 saturated carbocycles. The maximum absolute atomic E-state index is 3.51. The third-order valence-corrected chi connectivity index (χ3v) is 3.71. The summed E-state index contributed by atoms with van der Waals surface area (Å²) in [7, 11) is 0. The summed E-state index contributed by atoms with van der Waals surface area (Å²) in [5, 5.41) is 3.51. The number of thioether (sulfide) groups is 1. The highest BCUT2D eigenvalue weighted by molar-refractivity contribution is 7.98. The van der Waals surface area contributed by atoms with Crippen molar-refractivity contribution < 1.29 is 0 Å². The van der Waals surface area contributed by atoms with Gasteiger partial charge in [-0.15, -0.1) is 0 Å². The third kappa shape index (κ3) is 5.23. The van der Waals surface area contributed by atoms with Crippen LogP contribution in [-0.2, 0) is 0 Å². The molecule has 0 aromatic heterocycles. The van der Waals surface area contributed by atoms with Gasteiger partial charge in [0, 0.05) is 25.7 Å². The Kier molecular flexibility index (Phi) is 6.69. The van der Waals surface area contributed by atoms with Crippen LogP contribution in [0.4, 0.5) is 0 Å². The van der Waals surface area contributed by atoms with Gasteiger partial charge in [0.2, 0.25) is 0 Å². The largest absolute Gasteiger partial charge is 0.314 e. The van der Waals surface area contributed by atoms with Crippen LogP contribution in [0.2, 0.25) is 0 Å². The molecule has 1 unspecified atom stereocenters. The molecule has 1 rings (SSSR count). The molecule has 1 N–H and O–H groups in total. The van der Waals surface area contributed by atoms with E-state index in [1.54, 1.807) is 0 Å². The fraction of sp³-hybridized carbons (Fsp3) is 1.00. The second kappa shape index (κ2) is 7.53. The van der Waals surface area contributed by atoms with E-state index in [2.05, 4.69) is 30.3 Å². The van der Waals surface area contributed by atoms with E-state index in [0.717, 1.165) is 12.0 Å². The van der Waals surface area contributed by atoms with Crippen molar-refractivity contribution in [1.29, 1.82) is 0 Å². The summed E-state index contributed by atoms with van der Waals surface area (Å²) in [5.41, 5.74) is 0. The Balaban J connectivity index is 2.29. The SMILES string of the molecule is CSCCCN1CCNCC1CC(C)C. The summed E-state index contributed by atoms with van der Waals surface area (Å²) < 4.78 is 0. The maximum Gasteiger partial charge on any atom is 0.0223 e. The van der Waals surface area contributed by atoms with Gasteiger partial charge in [-0.2, -0.15) is 11.8 Å². The summed E-state index contributed by atoms with van der Waals surface area (Å²) >= 11 is 1.96. The number of piperazine rings is 1. The van der Waals surface area contributed by atoms with Crippen molar-refractivity contribution in [2.75, 3.05) is 38.2 Å². The Bertz CT molecular complexity index is 162. The van der Waals surface area contributed by atoms with Crippen LogP contribution >= 0.6 is 11.8 Å². The molecule has 0 radical (unpaired) electrons. The van der Waals surface area contributed by atoms with Crippen LogP contribution in [0.15, 0.2) is 0 Å². The van der Waals surface area contributed by atoms with Gasteiger partial charge >= 0.3 is 0 Å². The maximum atomic E-state index is 3.51. The molecule has 1 heterocycles. The zero-order valence-electron chi connectivity index (χ0n) is 10.5. The summed E-state index contributed by atoms with van der Waals surface area (Å²) in [5.74, 6) is 2.12. The minimum Gasteiger partial charge on any atom is -0.314 e. The summed E-state index contributed by atoms with van der Waals surface area (Å²) in [6, 6.07) is 0.778. The van der Waals surface area contributed by atoms with E-state index in [-0.39, 0.29) is 0 Å². The van der Waals surface area contributed by atoms with E-state index in [0.29, 0.717) is 0 Å². The highest BCUT2D eigenvalue weighted by atomic mass is 32.2. The van der Waals surface area contributed by atoms with Gasteiger partial charge in [0.25, 0.3) is 0 Å². The molecule has 0 amide bonds. The Morgan fingerprint density at radius 1 is 1.47 bits per heavy atom. The van der Waals surface area contributed by atoms with Gasteiger partial charge in [-0.25, -0.2) is 0 Å². The Morgan fingerprint density at radius 2 is 2.27 bits per heavy atom. The second-order valence-electron chi connectivity index (χ2n) is 4.87. The average Bonchev–Trinajstić information content (AvgIpc) is 2.20. The van der Waals surface area contributed by atoms with Gasteiger partial charge in [0.1, 0.15) is 0 Å². The van der Waals surface area contributed by atoms with Gasteiger partial charge < -0.3 is 5.32 Å². The molecule has 0 aromatic rings. The molecule has 0 aromatic carbocycles. The Hall–Kier alpha value is 0.270. The Morgan fingerprint density at radius 3 is 2.93 bits per heavy atom. The van der Waals surface area contributed by atoms with E-state index >= 15 is 0 Å². The van der Waals surface area contributed by atoms with Crippen molar-refractivity contribution in [3.63, 3.8) is 0 Å². The third-order valence-electron chi connectivity index (χ3n) is 3.01. The molecule has 2 nitrogen and oxygen atoms in total. The molecule has 90 valence electrons. The molecule has 0 spiro atoms. The van der Waals surface area contributed by atoms with Crippen LogP contribution < -0.4 is 5.32 Å². The van der Waals surface area contributed by atoms with Crippen molar-refractivity contribution in [3.05, 3.63) is 0 Å². The van der Waals surface area contributed by atoms with Crippen molar-refractivity contribution in [2.24, 2.45) is 5.92 Å². The van der Waals surface area contributed by atoms with E-state index in [1.165, 1.54) is 44.8 Å². The van der Waals surface area contributed by atoms with E-state index in [4.69, 9.17) is 0 Å². The van der Waals surface area contributed by atoms with E-state index < -0.39 is 0 Å². The molecular formula is C12H26N2S. The van der Waals surface area contributed by atoms with Crippen LogP contribution in [0, 0.1) is 5.92 Å². The first kappa shape index (κ1) is 13.3. The minimum absolute atomic E-state index is 0.778. The topological polar surface area (TPSA) is 15.3 Å². The molecule has 1 fully saturated rings. The van der Waals surface area contributed by atoms with Gasteiger partial charge in [-0.3, -0.25) is 4.90 Å². The van der Waals surface area contributed by atoms with Crippen molar-refractivity contribution in [2.45, 2.75) is 32.7 Å². The summed E-state index contributed by atoms with van der Waals surface area (Å²) in [6.45, 7) is 9.56. The van der Waals surface area contributed by atoms with Crippen molar-refractivity contribution in [1.82, 2.24) is 10.2 Å². The van der Waals surface area contributed by atoms with Crippen LogP contribution in [0.25, 0.3) is 0 Å². The smallest absolute Gasteiger partial charge is 0.0223 e. The zero-order valence-corrected chi connectivity index (χ0v) is 11.3. The van der Waals surface area contributed by atoms with Crippen LogP contribution in [-0.4, -0.2) is 49.1 Å². The van der Waals surface area contributed by atoms with Gasteiger partial charge in [-0.05, 0) is 37.3 Å². The Labute approximate surface area is 99.2 Å². The quantitative estimate of drug-likeness (QED) is 0.703. The lowest BCUT2D eigenvalue weighted by molar-refractivity contribution is 0.142. The molecule has 0 aliphatic carbocycles. The number of hydrogen-bond donors (Lipinski definition) is 1. The fourth-order valence-corrected chi connectivity index (χ4v) is 2.70. The second-order valence-corrected chi connectivity index (χ2v) is 5.86. The predicted octanol–water partition coefficient (Wildman–Crippen LogP) is 2.06. The van der Waals surface area contributed by atoms with E-state index in [9.17, 15) is 0 Å². The molecule has 1 saturated heterocycles. The first-order valence-corrected chi connectivity index (χ1v) is 7.57. The van der Waals surface area contributed by atoms with E-state index in [1.807, 2.05) is 11.8 Å². The standard InChI is InChI=1S/C12H26N2S/c1-11(2)9-12-10-13-5-7-14(12)6-4-8-15-3/h11-13H,4-10H2,1-3H3. The summed E-state index contributed by atoms with van der Waals surface area (Å²) in [6.07, 6.45) is 4.88. The zero-order chi connectivity index (χ0) is 11.1. The first-order chi connectivity index (χ1) is 7.24. The van der Waals surface area contributed by atoms with Gasteiger partial charge in [-0.1, -0.05) is 13.8 Å². The normalized spacial score (nSPS) is 23.6. The highest BCUT2D eigenvalue weighted by Gasteiger charge is 2.21. The number of nitrogens with zero attached hydrogens (tertiary/aromatic N) is 1. The lowest BCUT2D eigenvalue weighted by atomic mass is 10.0. The molecule has 1 aliphatic rings. The van der Waals surface area contributed by atoms with Crippen LogP contribution in [0.3, 0.4) is 0 Å². The number of nitrogens with one attached hydrogen (secondary N) is 1. The summed E-state index contributed by atoms with van der Waals surface area (Å²) in [4.78, 5) is 2.69. The van der Waals surface area contributed by atoms with Gasteiger partial charge in [0.05, 0.1) is 0 Å².